The molecule has 0 aliphatic carbocycles. The summed E-state index contributed by atoms with van der Waals surface area (Å²) in [6.07, 6.45) is 0. The van der Waals surface area contributed by atoms with Gasteiger partial charge in [0.15, 0.2) is 0 Å². The zero-order valence-electron chi connectivity index (χ0n) is 5.27. The molecular weight excluding hydrogens is 117 g/mol. The Morgan fingerprint density at radius 2 is 2.25 bits per heavy atom. The maximum Gasteiger partial charge on any atom is 0.317 e. The minimum Gasteiger partial charge on any atom is -0.480 e. The maximum atomic E-state index is 9.70. The Labute approximate surface area is 70.8 Å². The molecule has 0 bridgehead atoms. The van der Waals surface area contributed by atoms with Crippen LogP contribution in [0.2, 0.25) is 0 Å². The predicted molar refractivity (Wildman–Crippen MR) is 31.9 cm³/mol. The van der Waals surface area contributed by atoms with Crippen LogP contribution in [0.3, 0.4) is 0 Å². The molecule has 0 fully saturated rings. The van der Waals surface area contributed by atoms with Crippen LogP contribution < -0.4 is 5.32 Å². The summed E-state index contributed by atoms with van der Waals surface area (Å²) in [5, 5.41) is 10.6. The molecule has 0 saturated carbocycles. The van der Waals surface area contributed by atoms with E-state index >= 15 is 0 Å². The second kappa shape index (κ2) is 7.43. The largest absolute Gasteiger partial charge is 0.480 e. The van der Waals surface area contributed by atoms with Crippen molar-refractivity contribution in [1.29, 1.82) is 0 Å². The molecule has 0 aromatic heterocycles. The van der Waals surface area contributed by atoms with Gasteiger partial charge in [-0.3, -0.25) is 4.79 Å². The molecule has 8 heavy (non-hydrogen) atoms. The average Bonchev–Trinajstić information content (AvgIpc) is 1.61. The van der Waals surface area contributed by atoms with Crippen LogP contribution in [0.1, 0.15) is 6.92 Å². The first-order valence-electron chi connectivity index (χ1n) is 2.20. The number of rotatable bonds is 3. The molecular formula is C4H9NNaO2. The molecule has 43 valence electrons. The van der Waals surface area contributed by atoms with Crippen LogP contribution in [0.25, 0.3) is 0 Å². The molecule has 0 amide bonds. The van der Waals surface area contributed by atoms with Crippen molar-refractivity contribution in [1.82, 2.24) is 5.32 Å². The summed E-state index contributed by atoms with van der Waals surface area (Å²) in [6.45, 7) is 2.64. The van der Waals surface area contributed by atoms with E-state index in [9.17, 15) is 4.79 Å². The Morgan fingerprint density at radius 3 is 2.38 bits per heavy atom. The van der Waals surface area contributed by atoms with E-state index in [0.29, 0.717) is 6.54 Å². The van der Waals surface area contributed by atoms with E-state index in [1.165, 1.54) is 0 Å². The van der Waals surface area contributed by atoms with E-state index in [0.717, 1.165) is 0 Å². The maximum absolute atomic E-state index is 9.70. The van der Waals surface area contributed by atoms with Crippen LogP contribution in [0.4, 0.5) is 0 Å². The number of hydrogen-bond donors (Lipinski definition) is 2. The van der Waals surface area contributed by atoms with Gasteiger partial charge in [-0.25, -0.2) is 0 Å². The minimum atomic E-state index is -0.804. The Balaban J connectivity index is 0. The fourth-order valence-corrected chi connectivity index (χ4v) is 0.232. The van der Waals surface area contributed by atoms with Crippen LogP contribution in [-0.2, 0) is 4.79 Å². The third-order valence-electron chi connectivity index (χ3n) is 0.526. The van der Waals surface area contributed by atoms with Gasteiger partial charge in [0, 0.05) is 29.6 Å². The number of nitrogens with one attached hydrogen (secondary N) is 1. The first kappa shape index (κ1) is 11.3. The van der Waals surface area contributed by atoms with Gasteiger partial charge in [0.2, 0.25) is 0 Å². The van der Waals surface area contributed by atoms with Gasteiger partial charge in [-0.15, -0.1) is 0 Å². The normalized spacial score (nSPS) is 7.62. The Kier molecular flexibility index (Phi) is 10.5. The van der Waals surface area contributed by atoms with Gasteiger partial charge in [0.25, 0.3) is 0 Å². The molecule has 0 atom stereocenters. The summed E-state index contributed by atoms with van der Waals surface area (Å²) in [4.78, 5) is 9.70. The Hall–Kier alpha value is 0.430. The van der Waals surface area contributed by atoms with Crippen molar-refractivity contribution in [2.45, 2.75) is 6.92 Å². The molecule has 0 saturated heterocycles. The van der Waals surface area contributed by atoms with E-state index in [2.05, 4.69) is 5.32 Å². The first-order valence-corrected chi connectivity index (χ1v) is 2.20. The molecule has 0 aliphatic heterocycles. The summed E-state index contributed by atoms with van der Waals surface area (Å²) < 4.78 is 0. The predicted octanol–water partition coefficient (Wildman–Crippen LogP) is -0.700. The van der Waals surface area contributed by atoms with E-state index in [-0.39, 0.29) is 36.1 Å². The van der Waals surface area contributed by atoms with E-state index in [1.54, 1.807) is 0 Å². The van der Waals surface area contributed by atoms with Gasteiger partial charge in [-0.1, -0.05) is 6.92 Å². The van der Waals surface area contributed by atoms with Crippen molar-refractivity contribution in [3.8, 4) is 0 Å². The van der Waals surface area contributed by atoms with Crippen LogP contribution in [0, 0.1) is 0 Å². The van der Waals surface area contributed by atoms with Gasteiger partial charge in [0.05, 0.1) is 6.54 Å². The number of hydrogen-bond acceptors (Lipinski definition) is 2. The van der Waals surface area contributed by atoms with Crippen LogP contribution in [0.5, 0.6) is 0 Å². The molecule has 0 unspecified atom stereocenters. The summed E-state index contributed by atoms with van der Waals surface area (Å²) in [6, 6.07) is 0. The van der Waals surface area contributed by atoms with Crippen molar-refractivity contribution in [3.63, 3.8) is 0 Å². The Bertz CT molecular complexity index is 67.1. The average molecular weight is 126 g/mol. The van der Waals surface area contributed by atoms with Crippen LogP contribution >= 0.6 is 0 Å². The molecule has 3 nitrogen and oxygen atoms in total. The zero-order chi connectivity index (χ0) is 5.70. The van der Waals surface area contributed by atoms with Crippen molar-refractivity contribution < 1.29 is 9.90 Å². The number of aliphatic carboxylic acids is 1. The standard InChI is InChI=1S/C4H9NO2.Na/c1-2-5-3-4(6)7;/h5H,2-3H2,1H3,(H,6,7);. The summed E-state index contributed by atoms with van der Waals surface area (Å²) >= 11 is 0. The van der Waals surface area contributed by atoms with Crippen LogP contribution in [0.15, 0.2) is 0 Å². The molecule has 1 radical (unpaired) electrons. The third kappa shape index (κ3) is 9.66. The molecule has 0 spiro atoms. The number of carboxylic acid groups (broad SMARTS) is 1. The van der Waals surface area contributed by atoms with E-state index in [4.69, 9.17) is 5.11 Å². The second-order valence-corrected chi connectivity index (χ2v) is 1.17. The monoisotopic (exact) mass is 126 g/mol. The number of carboxylic acids is 1. The Morgan fingerprint density at radius 1 is 1.75 bits per heavy atom. The van der Waals surface area contributed by atoms with Crippen LogP contribution in [-0.4, -0.2) is 53.7 Å². The molecule has 0 aliphatic rings. The first-order chi connectivity index (χ1) is 3.27. The molecule has 4 heteroatoms. The number of likely N-dealkylation sites (N-methyl/N-ethyl adjacent to an activating group) is 1. The molecule has 0 heterocycles. The quantitative estimate of drug-likeness (QED) is 0.491. The molecule has 0 rings (SSSR count). The fourth-order valence-electron chi connectivity index (χ4n) is 0.232. The van der Waals surface area contributed by atoms with Crippen molar-refractivity contribution in [3.05, 3.63) is 0 Å². The van der Waals surface area contributed by atoms with Crippen molar-refractivity contribution >= 4 is 35.5 Å². The third-order valence-corrected chi connectivity index (χ3v) is 0.526. The van der Waals surface area contributed by atoms with Crippen molar-refractivity contribution in [2.75, 3.05) is 13.1 Å². The topological polar surface area (TPSA) is 49.3 Å². The van der Waals surface area contributed by atoms with E-state index in [1.807, 2.05) is 6.92 Å². The van der Waals surface area contributed by atoms with E-state index < -0.39 is 5.97 Å². The summed E-state index contributed by atoms with van der Waals surface area (Å²) in [7, 11) is 0. The summed E-state index contributed by atoms with van der Waals surface area (Å²) in [5.41, 5.74) is 0. The van der Waals surface area contributed by atoms with Crippen molar-refractivity contribution in [2.24, 2.45) is 0 Å². The fraction of sp³-hybridized carbons (Fsp3) is 0.750. The van der Waals surface area contributed by atoms with Gasteiger partial charge >= 0.3 is 5.97 Å². The molecule has 2 N–H and O–H groups in total. The minimum absolute atomic E-state index is 0. The SMILES string of the molecule is CCNCC(=O)O.[Na]. The molecule has 0 aromatic carbocycles. The molecule has 0 aromatic rings. The zero-order valence-corrected chi connectivity index (χ0v) is 7.27. The number of carbonyl (C=O) groups is 1. The van der Waals surface area contributed by atoms with Gasteiger partial charge in [-0.05, 0) is 6.54 Å². The summed E-state index contributed by atoms with van der Waals surface area (Å²) in [5.74, 6) is -0.804. The van der Waals surface area contributed by atoms with Gasteiger partial charge < -0.3 is 10.4 Å². The van der Waals surface area contributed by atoms with Gasteiger partial charge in [-0.2, -0.15) is 0 Å². The van der Waals surface area contributed by atoms with Gasteiger partial charge in [0.1, 0.15) is 0 Å². The smallest absolute Gasteiger partial charge is 0.317 e. The second-order valence-electron chi connectivity index (χ2n) is 1.17.